The zero-order valence-corrected chi connectivity index (χ0v) is 10.6. The number of fused-ring (bicyclic) bond motifs is 1. The van der Waals surface area contributed by atoms with Crippen LogP contribution in [0.15, 0.2) is 22.6 Å². The number of carbonyl (C=O) groups excluding carboxylic acids is 1. The molecule has 5 heteroatoms. The van der Waals surface area contributed by atoms with Crippen LogP contribution in [0.2, 0.25) is 0 Å². The van der Waals surface area contributed by atoms with E-state index in [9.17, 15) is 9.90 Å². The van der Waals surface area contributed by atoms with Crippen LogP contribution in [-0.2, 0) is 9.53 Å². The molecule has 0 spiro atoms. The van der Waals surface area contributed by atoms with Gasteiger partial charge in [0, 0.05) is 5.92 Å². The van der Waals surface area contributed by atoms with E-state index in [2.05, 4.69) is 4.98 Å². The van der Waals surface area contributed by atoms with Gasteiger partial charge in [-0.2, -0.15) is 0 Å². The van der Waals surface area contributed by atoms with E-state index >= 15 is 0 Å². The first-order valence-electron chi connectivity index (χ1n) is 6.44. The van der Waals surface area contributed by atoms with Crippen molar-refractivity contribution in [2.75, 3.05) is 6.61 Å². The van der Waals surface area contributed by atoms with Gasteiger partial charge in [-0.15, -0.1) is 0 Å². The van der Waals surface area contributed by atoms with E-state index < -0.39 is 12.1 Å². The molecule has 0 bridgehead atoms. The molecule has 0 radical (unpaired) electrons. The quantitative estimate of drug-likeness (QED) is 0.855. The Morgan fingerprint density at radius 2 is 2.37 bits per heavy atom. The van der Waals surface area contributed by atoms with Crippen LogP contribution in [-0.4, -0.2) is 22.7 Å². The van der Waals surface area contributed by atoms with Crippen molar-refractivity contribution in [3.05, 3.63) is 29.7 Å². The summed E-state index contributed by atoms with van der Waals surface area (Å²) >= 11 is 0. The molecule has 0 aliphatic heterocycles. The van der Waals surface area contributed by atoms with Crippen LogP contribution >= 0.6 is 0 Å². The molecule has 0 amide bonds. The molecule has 5 nitrogen and oxygen atoms in total. The number of oxazole rings is 1. The number of aromatic nitrogens is 1. The Kier molecular flexibility index (Phi) is 2.98. The fourth-order valence-corrected chi connectivity index (χ4v) is 1.99. The average molecular weight is 261 g/mol. The van der Waals surface area contributed by atoms with Gasteiger partial charge in [0.15, 0.2) is 17.6 Å². The first-order chi connectivity index (χ1) is 9.19. The van der Waals surface area contributed by atoms with E-state index in [0.717, 1.165) is 18.7 Å². The number of esters is 1. The highest BCUT2D eigenvalue weighted by molar-refractivity contribution is 5.80. The monoisotopic (exact) mass is 261 g/mol. The number of rotatable bonds is 4. The molecule has 1 unspecified atom stereocenters. The number of benzene rings is 1. The normalized spacial score (nSPS) is 16.5. The first-order valence-corrected chi connectivity index (χ1v) is 6.44. The number of aliphatic hydroxyl groups is 1. The lowest BCUT2D eigenvalue weighted by atomic mass is 10.1. The maximum Gasteiger partial charge on any atom is 0.339 e. The topological polar surface area (TPSA) is 72.6 Å². The molecule has 1 saturated carbocycles. The largest absolute Gasteiger partial charge is 0.464 e. The molecule has 2 aromatic rings. The van der Waals surface area contributed by atoms with Crippen LogP contribution in [0.5, 0.6) is 0 Å². The van der Waals surface area contributed by atoms with Crippen LogP contribution in [0, 0.1) is 0 Å². The SMILES string of the molecule is CCOC(=O)C(O)c1ccc2oc(C3CC3)nc2c1. The molecule has 3 rings (SSSR count). The van der Waals surface area contributed by atoms with Crippen molar-refractivity contribution < 1.29 is 19.1 Å². The van der Waals surface area contributed by atoms with Crippen molar-refractivity contribution in [2.24, 2.45) is 0 Å². The van der Waals surface area contributed by atoms with E-state index in [1.165, 1.54) is 0 Å². The zero-order chi connectivity index (χ0) is 13.4. The van der Waals surface area contributed by atoms with Crippen molar-refractivity contribution in [3.8, 4) is 0 Å². The van der Waals surface area contributed by atoms with Gasteiger partial charge in [-0.25, -0.2) is 9.78 Å². The van der Waals surface area contributed by atoms with Crippen LogP contribution in [0.25, 0.3) is 11.1 Å². The summed E-state index contributed by atoms with van der Waals surface area (Å²) in [6.07, 6.45) is 0.960. The molecule has 1 aliphatic carbocycles. The second kappa shape index (κ2) is 4.66. The molecular formula is C14H15NO4. The first kappa shape index (κ1) is 12.2. The van der Waals surface area contributed by atoms with Gasteiger partial charge in [-0.1, -0.05) is 6.07 Å². The molecule has 1 aliphatic rings. The molecule has 100 valence electrons. The van der Waals surface area contributed by atoms with Crippen LogP contribution in [0.1, 0.15) is 43.2 Å². The van der Waals surface area contributed by atoms with Crippen molar-refractivity contribution in [3.63, 3.8) is 0 Å². The minimum absolute atomic E-state index is 0.244. The van der Waals surface area contributed by atoms with Gasteiger partial charge >= 0.3 is 5.97 Å². The number of hydrogen-bond donors (Lipinski definition) is 1. The number of hydrogen-bond acceptors (Lipinski definition) is 5. The summed E-state index contributed by atoms with van der Waals surface area (Å²) in [5, 5.41) is 9.88. The third-order valence-corrected chi connectivity index (χ3v) is 3.18. The number of aliphatic hydroxyl groups excluding tert-OH is 1. The minimum atomic E-state index is -1.27. The number of carbonyl (C=O) groups is 1. The van der Waals surface area contributed by atoms with Gasteiger partial charge in [0.1, 0.15) is 5.52 Å². The van der Waals surface area contributed by atoms with Crippen molar-refractivity contribution in [1.29, 1.82) is 0 Å². The minimum Gasteiger partial charge on any atom is -0.464 e. The Bertz CT molecular complexity index is 615. The second-order valence-corrected chi connectivity index (χ2v) is 4.71. The smallest absolute Gasteiger partial charge is 0.339 e. The summed E-state index contributed by atoms with van der Waals surface area (Å²) in [6.45, 7) is 1.95. The number of nitrogens with zero attached hydrogens (tertiary/aromatic N) is 1. The molecule has 1 aromatic heterocycles. The van der Waals surface area contributed by atoms with Crippen LogP contribution < -0.4 is 0 Å². The van der Waals surface area contributed by atoms with Gasteiger partial charge in [0.05, 0.1) is 6.61 Å². The summed E-state index contributed by atoms with van der Waals surface area (Å²) in [5.41, 5.74) is 1.83. The lowest BCUT2D eigenvalue weighted by Gasteiger charge is -2.09. The lowest BCUT2D eigenvalue weighted by Crippen LogP contribution is -2.15. The molecule has 1 heterocycles. The highest BCUT2D eigenvalue weighted by atomic mass is 16.5. The van der Waals surface area contributed by atoms with Crippen molar-refractivity contribution in [2.45, 2.75) is 31.8 Å². The molecule has 1 aromatic carbocycles. The van der Waals surface area contributed by atoms with E-state index in [-0.39, 0.29) is 6.61 Å². The summed E-state index contributed by atoms with van der Waals surface area (Å²) in [4.78, 5) is 15.9. The van der Waals surface area contributed by atoms with Crippen molar-refractivity contribution >= 4 is 17.1 Å². The highest BCUT2D eigenvalue weighted by Crippen LogP contribution is 2.40. The predicted molar refractivity (Wildman–Crippen MR) is 67.6 cm³/mol. The average Bonchev–Trinajstić information content (AvgIpc) is 3.17. The fraction of sp³-hybridized carbons (Fsp3) is 0.429. The summed E-state index contributed by atoms with van der Waals surface area (Å²) < 4.78 is 10.4. The molecule has 1 fully saturated rings. The van der Waals surface area contributed by atoms with Crippen LogP contribution in [0.3, 0.4) is 0 Å². The Morgan fingerprint density at radius 1 is 1.58 bits per heavy atom. The van der Waals surface area contributed by atoms with E-state index in [4.69, 9.17) is 9.15 Å². The van der Waals surface area contributed by atoms with Gasteiger partial charge in [-0.3, -0.25) is 0 Å². The highest BCUT2D eigenvalue weighted by Gasteiger charge is 2.29. The standard InChI is InChI=1S/C14H15NO4/c1-2-18-14(17)12(16)9-5-6-11-10(7-9)15-13(19-11)8-3-4-8/h5-8,12,16H,2-4H2,1H3. The van der Waals surface area contributed by atoms with Crippen molar-refractivity contribution in [1.82, 2.24) is 4.98 Å². The summed E-state index contributed by atoms with van der Waals surface area (Å²) in [6, 6.07) is 5.06. The zero-order valence-electron chi connectivity index (χ0n) is 10.6. The number of ether oxygens (including phenoxy) is 1. The maximum absolute atomic E-state index is 11.5. The molecular weight excluding hydrogens is 246 g/mol. The van der Waals surface area contributed by atoms with Crippen LogP contribution in [0.4, 0.5) is 0 Å². The lowest BCUT2D eigenvalue weighted by molar-refractivity contribution is -0.153. The molecule has 1 N–H and O–H groups in total. The van der Waals surface area contributed by atoms with Gasteiger partial charge in [-0.05, 0) is 37.5 Å². The second-order valence-electron chi connectivity index (χ2n) is 4.71. The van der Waals surface area contributed by atoms with Gasteiger partial charge < -0.3 is 14.3 Å². The Morgan fingerprint density at radius 3 is 3.05 bits per heavy atom. The Balaban J connectivity index is 1.89. The third-order valence-electron chi connectivity index (χ3n) is 3.18. The van der Waals surface area contributed by atoms with E-state index in [1.54, 1.807) is 25.1 Å². The fourth-order valence-electron chi connectivity index (χ4n) is 1.99. The van der Waals surface area contributed by atoms with E-state index in [1.807, 2.05) is 0 Å². The van der Waals surface area contributed by atoms with Gasteiger partial charge in [0.25, 0.3) is 0 Å². The third kappa shape index (κ3) is 2.33. The maximum atomic E-state index is 11.5. The molecule has 19 heavy (non-hydrogen) atoms. The summed E-state index contributed by atoms with van der Waals surface area (Å²) in [5.74, 6) is 0.538. The Labute approximate surface area is 110 Å². The molecule has 1 atom stereocenters. The predicted octanol–water partition coefficient (Wildman–Crippen LogP) is 2.30. The molecule has 0 saturated heterocycles. The summed E-state index contributed by atoms with van der Waals surface area (Å²) in [7, 11) is 0. The van der Waals surface area contributed by atoms with Gasteiger partial charge in [0.2, 0.25) is 0 Å². The van der Waals surface area contributed by atoms with E-state index in [0.29, 0.717) is 22.6 Å². The Hall–Kier alpha value is -1.88.